The van der Waals surface area contributed by atoms with Crippen molar-refractivity contribution in [2.24, 2.45) is 5.92 Å². The lowest BCUT2D eigenvalue weighted by Gasteiger charge is -2.14. The van der Waals surface area contributed by atoms with Crippen LogP contribution in [-0.2, 0) is 6.54 Å². The van der Waals surface area contributed by atoms with Gasteiger partial charge in [0.1, 0.15) is 5.69 Å². The Hall–Kier alpha value is -2.86. The zero-order valence-electron chi connectivity index (χ0n) is 13.8. The van der Waals surface area contributed by atoms with E-state index in [1.807, 2.05) is 42.5 Å². The van der Waals surface area contributed by atoms with Gasteiger partial charge in [-0.05, 0) is 24.1 Å². The van der Waals surface area contributed by atoms with Gasteiger partial charge >= 0.3 is 6.03 Å². The summed E-state index contributed by atoms with van der Waals surface area (Å²) in [7, 11) is 0. The number of aromatic nitrogens is 1. The predicted octanol–water partition coefficient (Wildman–Crippen LogP) is 1.96. The standard InChI is InChI=1S/C19H21N3O3/c23-13-15-8-9-16(11-15)20-19(25)21-17-7-4-10-22(18(17)24)12-14-5-2-1-3-6-14/h1-10,15-16,23H,11-13H2,(H2,20,21,25)/t15-,16+/m0/s1. The molecule has 0 radical (unpaired) electrons. The Kier molecular flexibility index (Phi) is 5.30. The van der Waals surface area contributed by atoms with E-state index in [0.717, 1.165) is 5.56 Å². The van der Waals surface area contributed by atoms with Gasteiger partial charge in [-0.1, -0.05) is 42.5 Å². The number of nitrogens with one attached hydrogen (secondary N) is 2. The van der Waals surface area contributed by atoms with E-state index in [1.165, 1.54) is 0 Å². The minimum Gasteiger partial charge on any atom is -0.396 e. The smallest absolute Gasteiger partial charge is 0.319 e. The van der Waals surface area contributed by atoms with Crippen LogP contribution in [0.1, 0.15) is 12.0 Å². The van der Waals surface area contributed by atoms with Gasteiger partial charge in [-0.25, -0.2) is 4.79 Å². The van der Waals surface area contributed by atoms with Crippen molar-refractivity contribution in [2.45, 2.75) is 19.0 Å². The summed E-state index contributed by atoms with van der Waals surface area (Å²) < 4.78 is 1.56. The summed E-state index contributed by atoms with van der Waals surface area (Å²) in [5.41, 5.74) is 0.991. The van der Waals surface area contributed by atoms with Gasteiger partial charge in [0.2, 0.25) is 0 Å². The third-order valence-corrected chi connectivity index (χ3v) is 4.19. The maximum atomic E-state index is 12.5. The summed E-state index contributed by atoms with van der Waals surface area (Å²) >= 11 is 0. The van der Waals surface area contributed by atoms with Crippen LogP contribution in [0.3, 0.4) is 0 Å². The van der Waals surface area contributed by atoms with Crippen molar-refractivity contribution < 1.29 is 9.90 Å². The van der Waals surface area contributed by atoms with E-state index >= 15 is 0 Å². The molecule has 25 heavy (non-hydrogen) atoms. The number of amides is 2. The van der Waals surface area contributed by atoms with E-state index in [9.17, 15) is 9.59 Å². The van der Waals surface area contributed by atoms with E-state index in [1.54, 1.807) is 22.9 Å². The molecule has 6 nitrogen and oxygen atoms in total. The van der Waals surface area contributed by atoms with Gasteiger partial charge in [-0.2, -0.15) is 0 Å². The average molecular weight is 339 g/mol. The number of carbonyl (C=O) groups excluding carboxylic acids is 1. The van der Waals surface area contributed by atoms with Gasteiger partial charge in [-0.3, -0.25) is 4.79 Å². The van der Waals surface area contributed by atoms with Crippen molar-refractivity contribution in [3.63, 3.8) is 0 Å². The Morgan fingerprint density at radius 1 is 1.16 bits per heavy atom. The molecule has 2 amide bonds. The second kappa shape index (κ2) is 7.81. The number of aliphatic hydroxyl groups is 1. The number of urea groups is 1. The zero-order chi connectivity index (χ0) is 17.6. The van der Waals surface area contributed by atoms with Gasteiger partial charge in [0.15, 0.2) is 0 Å². The van der Waals surface area contributed by atoms with Crippen molar-refractivity contribution in [2.75, 3.05) is 11.9 Å². The molecular weight excluding hydrogens is 318 g/mol. The van der Waals surface area contributed by atoms with Gasteiger partial charge in [0.25, 0.3) is 5.56 Å². The summed E-state index contributed by atoms with van der Waals surface area (Å²) in [6.45, 7) is 0.513. The molecule has 1 aliphatic rings. The van der Waals surface area contributed by atoms with Crippen LogP contribution in [0.25, 0.3) is 0 Å². The largest absolute Gasteiger partial charge is 0.396 e. The molecule has 3 rings (SSSR count). The van der Waals surface area contributed by atoms with Crippen LogP contribution in [-0.4, -0.2) is 28.4 Å². The highest BCUT2D eigenvalue weighted by Gasteiger charge is 2.20. The molecule has 1 aromatic heterocycles. The van der Waals surface area contributed by atoms with E-state index < -0.39 is 6.03 Å². The third-order valence-electron chi connectivity index (χ3n) is 4.19. The Morgan fingerprint density at radius 2 is 1.96 bits per heavy atom. The monoisotopic (exact) mass is 339 g/mol. The number of nitrogens with zero attached hydrogens (tertiary/aromatic N) is 1. The Morgan fingerprint density at radius 3 is 2.68 bits per heavy atom. The maximum Gasteiger partial charge on any atom is 0.319 e. The molecule has 6 heteroatoms. The quantitative estimate of drug-likeness (QED) is 0.728. The molecule has 0 bridgehead atoms. The highest BCUT2D eigenvalue weighted by Crippen LogP contribution is 2.17. The van der Waals surface area contributed by atoms with Crippen LogP contribution in [0.15, 0.2) is 65.6 Å². The SMILES string of the molecule is O=C(Nc1cccn(Cc2ccccc2)c1=O)N[C@@H]1C=C[C@H](CO)C1. The second-order valence-corrected chi connectivity index (χ2v) is 6.11. The number of pyridine rings is 1. The van der Waals surface area contributed by atoms with Crippen molar-refractivity contribution >= 4 is 11.7 Å². The molecule has 0 spiro atoms. The van der Waals surface area contributed by atoms with Gasteiger partial charge < -0.3 is 20.3 Å². The lowest BCUT2D eigenvalue weighted by molar-refractivity contribution is 0.238. The number of aliphatic hydroxyl groups excluding tert-OH is 1. The molecule has 2 atom stereocenters. The zero-order valence-corrected chi connectivity index (χ0v) is 13.8. The number of hydrogen-bond donors (Lipinski definition) is 3. The first-order valence-corrected chi connectivity index (χ1v) is 8.26. The first-order chi connectivity index (χ1) is 12.2. The van der Waals surface area contributed by atoms with Crippen LogP contribution in [0.4, 0.5) is 10.5 Å². The fraction of sp³-hybridized carbons (Fsp3) is 0.263. The molecule has 0 saturated carbocycles. The van der Waals surface area contributed by atoms with Crippen molar-refractivity contribution in [1.82, 2.24) is 9.88 Å². The van der Waals surface area contributed by atoms with E-state index in [0.29, 0.717) is 13.0 Å². The fourth-order valence-electron chi connectivity index (χ4n) is 2.88. The first-order valence-electron chi connectivity index (χ1n) is 8.26. The summed E-state index contributed by atoms with van der Waals surface area (Å²) in [6, 6.07) is 12.4. The highest BCUT2D eigenvalue weighted by atomic mass is 16.3. The summed E-state index contributed by atoms with van der Waals surface area (Å²) in [4.78, 5) is 24.6. The van der Waals surface area contributed by atoms with E-state index in [-0.39, 0.29) is 29.8 Å². The normalized spacial score (nSPS) is 18.9. The Labute approximate surface area is 145 Å². The average Bonchev–Trinajstić information content (AvgIpc) is 3.07. The maximum absolute atomic E-state index is 12.5. The van der Waals surface area contributed by atoms with Crippen LogP contribution in [0.2, 0.25) is 0 Å². The van der Waals surface area contributed by atoms with Crippen LogP contribution in [0.5, 0.6) is 0 Å². The number of anilines is 1. The van der Waals surface area contributed by atoms with Crippen molar-refractivity contribution in [3.8, 4) is 0 Å². The van der Waals surface area contributed by atoms with Crippen molar-refractivity contribution in [3.05, 3.63) is 76.7 Å². The molecule has 0 fully saturated rings. The van der Waals surface area contributed by atoms with Crippen LogP contribution < -0.4 is 16.2 Å². The lowest BCUT2D eigenvalue weighted by Crippen LogP contribution is -2.38. The molecule has 1 aromatic carbocycles. The van der Waals surface area contributed by atoms with Gasteiger partial charge in [-0.15, -0.1) is 0 Å². The summed E-state index contributed by atoms with van der Waals surface area (Å²) in [5.74, 6) is 0.0742. The molecule has 130 valence electrons. The predicted molar refractivity (Wildman–Crippen MR) is 96.5 cm³/mol. The van der Waals surface area contributed by atoms with Crippen LogP contribution >= 0.6 is 0 Å². The third kappa shape index (κ3) is 4.36. The lowest BCUT2D eigenvalue weighted by atomic mass is 10.1. The number of carbonyl (C=O) groups is 1. The number of rotatable bonds is 5. The molecule has 0 aliphatic heterocycles. The Balaban J connectivity index is 1.65. The summed E-state index contributed by atoms with van der Waals surface area (Å²) in [6.07, 6.45) is 6.11. The molecule has 3 N–H and O–H groups in total. The van der Waals surface area contributed by atoms with E-state index in [4.69, 9.17) is 5.11 Å². The van der Waals surface area contributed by atoms with Crippen LogP contribution in [0, 0.1) is 5.92 Å². The Bertz CT molecular complexity index is 814. The molecule has 0 unspecified atom stereocenters. The number of hydrogen-bond acceptors (Lipinski definition) is 3. The fourth-order valence-corrected chi connectivity index (χ4v) is 2.88. The van der Waals surface area contributed by atoms with Gasteiger partial charge in [0, 0.05) is 24.8 Å². The molecule has 1 aliphatic carbocycles. The topological polar surface area (TPSA) is 83.4 Å². The first kappa shape index (κ1) is 17.0. The summed E-state index contributed by atoms with van der Waals surface area (Å²) in [5, 5.41) is 14.5. The molecular formula is C19H21N3O3. The van der Waals surface area contributed by atoms with E-state index in [2.05, 4.69) is 10.6 Å². The molecule has 2 aromatic rings. The molecule has 1 heterocycles. The molecule has 0 saturated heterocycles. The minimum atomic E-state index is -0.428. The van der Waals surface area contributed by atoms with Crippen molar-refractivity contribution in [1.29, 1.82) is 0 Å². The highest BCUT2D eigenvalue weighted by molar-refractivity contribution is 5.89. The minimum absolute atomic E-state index is 0.0686. The second-order valence-electron chi connectivity index (χ2n) is 6.11. The van der Waals surface area contributed by atoms with Gasteiger partial charge in [0.05, 0.1) is 6.54 Å². The number of benzene rings is 1.